The second-order valence-corrected chi connectivity index (χ2v) is 5.88. The Hall–Kier alpha value is -0.450. The van der Waals surface area contributed by atoms with Crippen molar-refractivity contribution in [3.63, 3.8) is 0 Å². The van der Waals surface area contributed by atoms with Crippen LogP contribution in [0.5, 0.6) is 0 Å². The quantitative estimate of drug-likeness (QED) is 0.862. The third kappa shape index (κ3) is 3.27. The number of hydrogen-bond acceptors (Lipinski definition) is 4. The fourth-order valence-corrected chi connectivity index (χ4v) is 2.53. The van der Waals surface area contributed by atoms with E-state index in [0.717, 1.165) is 17.1 Å². The maximum atomic E-state index is 6.17. The molecule has 0 aliphatic heterocycles. The van der Waals surface area contributed by atoms with E-state index in [1.54, 1.807) is 11.3 Å². The maximum absolute atomic E-state index is 6.17. The Balaban J connectivity index is 2.67. The molecule has 0 saturated heterocycles. The van der Waals surface area contributed by atoms with Crippen LogP contribution >= 0.6 is 11.3 Å². The van der Waals surface area contributed by atoms with Crippen LogP contribution in [0.1, 0.15) is 36.3 Å². The summed E-state index contributed by atoms with van der Waals surface area (Å²) in [5, 5.41) is 1.11. The number of hydrogen-bond donors (Lipinski definition) is 1. The van der Waals surface area contributed by atoms with E-state index in [2.05, 4.69) is 11.9 Å². The smallest absolute Gasteiger partial charge is 0.0947 e. The van der Waals surface area contributed by atoms with E-state index >= 15 is 0 Å². The molecule has 1 heterocycles. The van der Waals surface area contributed by atoms with Crippen molar-refractivity contribution in [1.29, 1.82) is 0 Å². The predicted octanol–water partition coefficient (Wildman–Crippen LogP) is 2.44. The van der Waals surface area contributed by atoms with Gasteiger partial charge in [0.1, 0.15) is 0 Å². The number of rotatable bonds is 5. The van der Waals surface area contributed by atoms with E-state index in [4.69, 9.17) is 10.5 Å². The molecule has 16 heavy (non-hydrogen) atoms. The van der Waals surface area contributed by atoms with Crippen molar-refractivity contribution in [2.45, 2.75) is 52.7 Å². The third-order valence-corrected chi connectivity index (χ3v) is 3.97. The average molecular weight is 242 g/mol. The van der Waals surface area contributed by atoms with Crippen molar-refractivity contribution in [2.24, 2.45) is 5.73 Å². The summed E-state index contributed by atoms with van der Waals surface area (Å²) in [6, 6.07) is -0.0163. The number of aryl methyl sites for hydroxylation is 2. The van der Waals surface area contributed by atoms with Crippen LogP contribution in [0.3, 0.4) is 0 Å². The molecule has 2 N–H and O–H groups in total. The highest BCUT2D eigenvalue weighted by Crippen LogP contribution is 2.22. The molecule has 1 aromatic rings. The zero-order valence-electron chi connectivity index (χ0n) is 10.8. The Labute approximate surface area is 102 Å². The molecule has 0 saturated carbocycles. The molecular weight excluding hydrogens is 220 g/mol. The zero-order chi connectivity index (χ0) is 12.3. The molecule has 0 fully saturated rings. The number of nitrogens with two attached hydrogens (primary N) is 1. The average Bonchev–Trinajstić information content (AvgIpc) is 2.45. The summed E-state index contributed by atoms with van der Waals surface area (Å²) in [7, 11) is 0. The molecule has 0 radical (unpaired) electrons. The molecule has 3 nitrogen and oxygen atoms in total. The van der Waals surface area contributed by atoms with Gasteiger partial charge in [-0.25, -0.2) is 4.98 Å². The predicted molar refractivity (Wildman–Crippen MR) is 69.0 cm³/mol. The molecule has 0 aromatic carbocycles. The van der Waals surface area contributed by atoms with Crippen LogP contribution in [0, 0.1) is 13.8 Å². The van der Waals surface area contributed by atoms with Gasteiger partial charge in [0, 0.05) is 23.9 Å². The number of aromatic nitrogens is 1. The summed E-state index contributed by atoms with van der Waals surface area (Å²) < 4.78 is 5.65. The van der Waals surface area contributed by atoms with Gasteiger partial charge in [-0.3, -0.25) is 0 Å². The Morgan fingerprint density at radius 1 is 1.44 bits per heavy atom. The first kappa shape index (κ1) is 13.6. The van der Waals surface area contributed by atoms with E-state index in [9.17, 15) is 0 Å². The molecule has 0 spiro atoms. The Kier molecular flexibility index (Phi) is 4.47. The van der Waals surface area contributed by atoms with E-state index in [1.165, 1.54) is 4.88 Å². The SMILES string of the molecule is CCOC(C)(C)C(N)Cc1nc(C)c(C)s1. The van der Waals surface area contributed by atoms with Crippen molar-refractivity contribution in [2.75, 3.05) is 6.61 Å². The molecular formula is C12H22N2OS. The second kappa shape index (κ2) is 5.25. The van der Waals surface area contributed by atoms with E-state index in [0.29, 0.717) is 6.61 Å². The summed E-state index contributed by atoms with van der Waals surface area (Å²) in [6.07, 6.45) is 0.784. The number of ether oxygens (including phenoxy) is 1. The lowest BCUT2D eigenvalue weighted by Gasteiger charge is -2.30. The lowest BCUT2D eigenvalue weighted by atomic mass is 9.97. The van der Waals surface area contributed by atoms with Gasteiger partial charge in [0.25, 0.3) is 0 Å². The monoisotopic (exact) mass is 242 g/mol. The molecule has 1 unspecified atom stereocenters. The maximum Gasteiger partial charge on any atom is 0.0947 e. The van der Waals surface area contributed by atoms with Crippen molar-refractivity contribution in [3.05, 3.63) is 15.6 Å². The Bertz CT molecular complexity index is 327. The first-order valence-electron chi connectivity index (χ1n) is 5.69. The van der Waals surface area contributed by atoms with Gasteiger partial charge in [0.15, 0.2) is 0 Å². The van der Waals surface area contributed by atoms with Gasteiger partial charge in [-0.1, -0.05) is 0 Å². The van der Waals surface area contributed by atoms with Gasteiger partial charge >= 0.3 is 0 Å². The molecule has 4 heteroatoms. The summed E-state index contributed by atoms with van der Waals surface area (Å²) in [4.78, 5) is 5.78. The molecule has 92 valence electrons. The van der Waals surface area contributed by atoms with Gasteiger partial charge in [0.05, 0.1) is 16.3 Å². The summed E-state index contributed by atoms with van der Waals surface area (Å²) in [5.74, 6) is 0. The van der Waals surface area contributed by atoms with Crippen molar-refractivity contribution in [3.8, 4) is 0 Å². The molecule has 1 rings (SSSR count). The molecule has 0 amide bonds. The van der Waals surface area contributed by atoms with E-state index < -0.39 is 0 Å². The zero-order valence-corrected chi connectivity index (χ0v) is 11.6. The van der Waals surface area contributed by atoms with Crippen molar-refractivity contribution < 1.29 is 4.74 Å². The minimum atomic E-state index is -0.289. The third-order valence-electron chi connectivity index (χ3n) is 2.88. The van der Waals surface area contributed by atoms with Crippen molar-refractivity contribution in [1.82, 2.24) is 4.98 Å². The number of nitrogens with zero attached hydrogens (tertiary/aromatic N) is 1. The van der Waals surface area contributed by atoms with E-state index in [-0.39, 0.29) is 11.6 Å². The van der Waals surface area contributed by atoms with Gasteiger partial charge in [-0.2, -0.15) is 0 Å². The second-order valence-electron chi connectivity index (χ2n) is 4.60. The molecule has 0 aliphatic rings. The first-order valence-corrected chi connectivity index (χ1v) is 6.51. The fourth-order valence-electron chi connectivity index (χ4n) is 1.54. The molecule has 0 bridgehead atoms. The Morgan fingerprint density at radius 3 is 2.50 bits per heavy atom. The standard InChI is InChI=1S/C12H22N2OS/c1-6-15-12(4,5)10(13)7-11-14-8(2)9(3)16-11/h10H,6-7,13H2,1-5H3. The highest BCUT2D eigenvalue weighted by molar-refractivity contribution is 7.11. The van der Waals surface area contributed by atoms with Crippen LogP contribution in [-0.4, -0.2) is 23.2 Å². The van der Waals surface area contributed by atoms with Crippen LogP contribution < -0.4 is 5.73 Å². The minimum Gasteiger partial charge on any atom is -0.374 e. The highest BCUT2D eigenvalue weighted by Gasteiger charge is 2.27. The largest absolute Gasteiger partial charge is 0.374 e. The van der Waals surface area contributed by atoms with Crippen LogP contribution in [0.15, 0.2) is 0 Å². The van der Waals surface area contributed by atoms with Gasteiger partial charge in [-0.05, 0) is 34.6 Å². The van der Waals surface area contributed by atoms with Crippen LogP contribution in [0.2, 0.25) is 0 Å². The lowest BCUT2D eigenvalue weighted by molar-refractivity contribution is -0.0288. The van der Waals surface area contributed by atoms with Crippen molar-refractivity contribution >= 4 is 11.3 Å². The summed E-state index contributed by atoms with van der Waals surface area (Å²) >= 11 is 1.73. The topological polar surface area (TPSA) is 48.1 Å². The summed E-state index contributed by atoms with van der Waals surface area (Å²) in [6.45, 7) is 10.9. The molecule has 1 aromatic heterocycles. The van der Waals surface area contributed by atoms with Gasteiger partial charge in [-0.15, -0.1) is 11.3 Å². The summed E-state index contributed by atoms with van der Waals surface area (Å²) in [5.41, 5.74) is 6.99. The van der Waals surface area contributed by atoms with Gasteiger partial charge in [0.2, 0.25) is 0 Å². The number of thiazole rings is 1. The molecule has 1 atom stereocenters. The lowest BCUT2D eigenvalue weighted by Crippen LogP contribution is -2.46. The van der Waals surface area contributed by atoms with E-state index in [1.807, 2.05) is 27.7 Å². The fraction of sp³-hybridized carbons (Fsp3) is 0.750. The minimum absolute atomic E-state index is 0.0163. The van der Waals surface area contributed by atoms with Crippen LogP contribution in [0.4, 0.5) is 0 Å². The van der Waals surface area contributed by atoms with Crippen LogP contribution in [0.25, 0.3) is 0 Å². The normalized spacial score (nSPS) is 14.1. The molecule has 0 aliphatic carbocycles. The highest BCUT2D eigenvalue weighted by atomic mass is 32.1. The van der Waals surface area contributed by atoms with Gasteiger partial charge < -0.3 is 10.5 Å². The first-order chi connectivity index (χ1) is 7.36. The Morgan fingerprint density at radius 2 is 2.06 bits per heavy atom. The van der Waals surface area contributed by atoms with Crippen LogP contribution in [-0.2, 0) is 11.2 Å².